The molecule has 0 aliphatic heterocycles. The Morgan fingerprint density at radius 2 is 1.97 bits per heavy atom. The Bertz CT molecular complexity index is 667. The summed E-state index contributed by atoms with van der Waals surface area (Å²) in [6.07, 6.45) is 1.36. The first-order valence-electron chi connectivity index (χ1n) is 9.80. The Labute approximate surface area is 187 Å². The summed E-state index contributed by atoms with van der Waals surface area (Å²) in [5.41, 5.74) is -2.71. The molecule has 1 aromatic heterocycles. The van der Waals surface area contributed by atoms with E-state index in [0.29, 0.717) is 17.9 Å². The van der Waals surface area contributed by atoms with Gasteiger partial charge < -0.3 is 20.3 Å². The maximum atomic E-state index is 13.6. The lowest BCUT2D eigenvalue weighted by Crippen LogP contribution is -2.47. The minimum absolute atomic E-state index is 0. The van der Waals surface area contributed by atoms with Crippen LogP contribution in [0.2, 0.25) is 0 Å². The molecule has 0 aromatic carbocycles. The molecule has 0 radical (unpaired) electrons. The van der Waals surface area contributed by atoms with Gasteiger partial charge in [-0.25, -0.2) is 4.98 Å². The highest BCUT2D eigenvalue weighted by atomic mass is 127. The standard InChI is InChI=1S/C19H32F3N5O.HI/c1-5-23-16(26-14-6-8-17(2,3)9-7-14)25-11-10-18(28,19(20,21)22)15-24-12-13-27(15)4;/h12-14,28H,5-11H2,1-4H3,(H2,23,25,26);1H. The number of imidazole rings is 1. The molecule has 1 fully saturated rings. The average Bonchev–Trinajstić information content (AvgIpc) is 3.02. The first kappa shape index (κ1) is 26.0. The molecule has 1 saturated carbocycles. The summed E-state index contributed by atoms with van der Waals surface area (Å²) < 4.78 is 41.9. The van der Waals surface area contributed by atoms with E-state index in [9.17, 15) is 18.3 Å². The van der Waals surface area contributed by atoms with Crippen LogP contribution in [-0.2, 0) is 12.6 Å². The van der Waals surface area contributed by atoms with Gasteiger partial charge in [0.1, 0.15) is 5.82 Å². The molecule has 0 amide bonds. The number of rotatable bonds is 6. The Balaban J connectivity index is 0.00000420. The van der Waals surface area contributed by atoms with Crippen LogP contribution >= 0.6 is 24.0 Å². The molecule has 6 nitrogen and oxygen atoms in total. The van der Waals surface area contributed by atoms with Crippen LogP contribution in [0.15, 0.2) is 17.4 Å². The number of halogens is 4. The van der Waals surface area contributed by atoms with Crippen LogP contribution < -0.4 is 10.6 Å². The van der Waals surface area contributed by atoms with Crippen molar-refractivity contribution in [2.75, 3.05) is 13.1 Å². The SMILES string of the molecule is CCNC(=NCCC(O)(c1nccn1C)C(F)(F)F)NC1CCC(C)(C)CC1.I. The second kappa shape index (κ2) is 10.3. The first-order chi connectivity index (χ1) is 13.0. The lowest BCUT2D eigenvalue weighted by molar-refractivity contribution is -0.272. The Kier molecular flexibility index (Phi) is 9.25. The van der Waals surface area contributed by atoms with Crippen LogP contribution in [0.4, 0.5) is 13.2 Å². The quantitative estimate of drug-likeness (QED) is 0.298. The van der Waals surface area contributed by atoms with Gasteiger partial charge in [0.25, 0.3) is 0 Å². The van der Waals surface area contributed by atoms with Crippen LogP contribution in [0.5, 0.6) is 0 Å². The van der Waals surface area contributed by atoms with Crippen molar-refractivity contribution in [2.45, 2.75) is 70.7 Å². The first-order valence-corrected chi connectivity index (χ1v) is 9.80. The van der Waals surface area contributed by atoms with Crippen molar-refractivity contribution in [3.05, 3.63) is 18.2 Å². The molecule has 3 N–H and O–H groups in total. The number of nitrogens with one attached hydrogen (secondary N) is 2. The number of alkyl halides is 3. The lowest BCUT2D eigenvalue weighted by Gasteiger charge is -2.35. The van der Waals surface area contributed by atoms with Crippen molar-refractivity contribution >= 4 is 29.9 Å². The number of aromatic nitrogens is 2. The largest absolute Gasteiger partial charge is 0.424 e. The second-order valence-corrected chi connectivity index (χ2v) is 8.31. The number of guanidine groups is 1. The van der Waals surface area contributed by atoms with Gasteiger partial charge >= 0.3 is 6.18 Å². The van der Waals surface area contributed by atoms with Crippen molar-refractivity contribution in [1.82, 2.24) is 20.2 Å². The number of nitrogens with zero attached hydrogens (tertiary/aromatic N) is 3. The van der Waals surface area contributed by atoms with Crippen molar-refractivity contribution in [1.29, 1.82) is 0 Å². The fourth-order valence-corrected chi connectivity index (χ4v) is 3.53. The summed E-state index contributed by atoms with van der Waals surface area (Å²) in [5, 5.41) is 16.8. The minimum Gasteiger partial charge on any atom is -0.374 e. The third-order valence-corrected chi connectivity index (χ3v) is 5.43. The highest BCUT2D eigenvalue weighted by Gasteiger charge is 2.57. The summed E-state index contributed by atoms with van der Waals surface area (Å²) in [4.78, 5) is 7.99. The van der Waals surface area contributed by atoms with Gasteiger partial charge in [0, 0.05) is 45.0 Å². The molecule has 0 saturated heterocycles. The fourth-order valence-electron chi connectivity index (χ4n) is 3.53. The second-order valence-electron chi connectivity index (χ2n) is 8.31. The van der Waals surface area contributed by atoms with Crippen molar-refractivity contribution in [2.24, 2.45) is 17.5 Å². The summed E-state index contributed by atoms with van der Waals surface area (Å²) >= 11 is 0. The fraction of sp³-hybridized carbons (Fsp3) is 0.789. The van der Waals surface area contributed by atoms with Gasteiger partial charge in [-0.15, -0.1) is 24.0 Å². The highest BCUT2D eigenvalue weighted by Crippen LogP contribution is 2.40. The number of hydrogen-bond acceptors (Lipinski definition) is 3. The van der Waals surface area contributed by atoms with Crippen LogP contribution in [0.25, 0.3) is 0 Å². The molecular weight excluding hydrogens is 498 g/mol. The van der Waals surface area contributed by atoms with Gasteiger partial charge in [-0.2, -0.15) is 13.2 Å². The monoisotopic (exact) mass is 531 g/mol. The number of aryl methyl sites for hydroxylation is 1. The maximum absolute atomic E-state index is 13.6. The van der Waals surface area contributed by atoms with E-state index in [-0.39, 0.29) is 36.6 Å². The minimum atomic E-state index is -4.84. The molecule has 1 heterocycles. The van der Waals surface area contributed by atoms with Crippen molar-refractivity contribution in [3.8, 4) is 0 Å². The molecular formula is C19H33F3IN5O. The van der Waals surface area contributed by atoms with E-state index in [4.69, 9.17) is 0 Å². The molecule has 0 bridgehead atoms. The molecule has 1 aliphatic rings. The van der Waals surface area contributed by atoms with Gasteiger partial charge in [-0.1, -0.05) is 13.8 Å². The Hall–Kier alpha value is -1.04. The number of aliphatic hydroxyl groups is 1. The van der Waals surface area contributed by atoms with Crippen molar-refractivity contribution in [3.63, 3.8) is 0 Å². The predicted octanol–water partition coefficient (Wildman–Crippen LogP) is 3.70. The van der Waals surface area contributed by atoms with Crippen LogP contribution in [-0.4, -0.2) is 45.9 Å². The molecule has 1 aliphatic carbocycles. The zero-order chi connectivity index (χ0) is 21.0. The van der Waals surface area contributed by atoms with Crippen LogP contribution in [0, 0.1) is 5.41 Å². The number of hydrogen-bond donors (Lipinski definition) is 3. The Morgan fingerprint density at radius 1 is 1.34 bits per heavy atom. The van der Waals surface area contributed by atoms with E-state index in [1.165, 1.54) is 24.0 Å². The van der Waals surface area contributed by atoms with E-state index in [1.807, 2.05) is 6.92 Å². The zero-order valence-corrected chi connectivity index (χ0v) is 19.8. The zero-order valence-electron chi connectivity index (χ0n) is 17.5. The molecule has 1 aromatic rings. The molecule has 1 unspecified atom stereocenters. The summed E-state index contributed by atoms with van der Waals surface area (Å²) in [5.74, 6) is 0.0549. The third-order valence-electron chi connectivity index (χ3n) is 5.43. The molecule has 168 valence electrons. The van der Waals surface area contributed by atoms with Gasteiger partial charge in [0.15, 0.2) is 5.96 Å². The topological polar surface area (TPSA) is 74.5 Å². The molecule has 2 rings (SSSR count). The molecule has 10 heteroatoms. The third kappa shape index (κ3) is 6.73. The molecule has 29 heavy (non-hydrogen) atoms. The summed E-state index contributed by atoms with van der Waals surface area (Å²) in [6.45, 7) is 6.82. The van der Waals surface area contributed by atoms with Gasteiger partial charge in [-0.05, 0) is 38.0 Å². The summed E-state index contributed by atoms with van der Waals surface area (Å²) in [7, 11) is 1.43. The average molecular weight is 531 g/mol. The van der Waals surface area contributed by atoms with E-state index < -0.39 is 24.0 Å². The smallest absolute Gasteiger partial charge is 0.374 e. The molecule has 0 spiro atoms. The Morgan fingerprint density at radius 3 is 2.45 bits per heavy atom. The predicted molar refractivity (Wildman–Crippen MR) is 118 cm³/mol. The lowest BCUT2D eigenvalue weighted by atomic mass is 9.75. The number of aliphatic imine (C=N–C) groups is 1. The van der Waals surface area contributed by atoms with Crippen molar-refractivity contribution < 1.29 is 18.3 Å². The van der Waals surface area contributed by atoms with Gasteiger partial charge in [0.05, 0.1) is 0 Å². The normalized spacial score (nSPS) is 19.9. The van der Waals surface area contributed by atoms with E-state index in [1.54, 1.807) is 0 Å². The molecule has 1 atom stereocenters. The summed E-state index contributed by atoms with van der Waals surface area (Å²) in [6, 6.07) is 0.252. The maximum Gasteiger partial charge on any atom is 0.424 e. The van der Waals surface area contributed by atoms with Gasteiger partial charge in [-0.3, -0.25) is 4.99 Å². The van der Waals surface area contributed by atoms with Crippen LogP contribution in [0.3, 0.4) is 0 Å². The van der Waals surface area contributed by atoms with E-state index in [2.05, 4.69) is 34.5 Å². The van der Waals surface area contributed by atoms with E-state index >= 15 is 0 Å². The highest BCUT2D eigenvalue weighted by molar-refractivity contribution is 14.0. The van der Waals surface area contributed by atoms with Gasteiger partial charge in [0.2, 0.25) is 5.60 Å². The van der Waals surface area contributed by atoms with Crippen LogP contribution in [0.1, 0.15) is 58.7 Å². The van der Waals surface area contributed by atoms with E-state index in [0.717, 1.165) is 25.7 Å².